The summed E-state index contributed by atoms with van der Waals surface area (Å²) in [6, 6.07) is 11.6. The number of aromatic nitrogens is 1. The monoisotopic (exact) mass is 356 g/mol. The molecule has 4 heteroatoms. The number of carbonyl (C=O) groups is 1. The minimum absolute atomic E-state index is 0.0383. The van der Waals surface area contributed by atoms with Gasteiger partial charge in [-0.05, 0) is 43.0 Å². The van der Waals surface area contributed by atoms with E-state index in [4.69, 9.17) is 4.74 Å². The Morgan fingerprint density at radius 1 is 1.12 bits per heavy atom. The van der Waals surface area contributed by atoms with Crippen LogP contribution in [-0.4, -0.2) is 30.2 Å². The normalized spacial score (nSPS) is 12.1. The maximum Gasteiger partial charge on any atom is 0.253 e. The van der Waals surface area contributed by atoms with Gasteiger partial charge in [0.15, 0.2) is 0 Å². The first-order valence-corrected chi connectivity index (χ1v) is 9.84. The van der Waals surface area contributed by atoms with E-state index >= 15 is 0 Å². The van der Waals surface area contributed by atoms with Crippen molar-refractivity contribution in [3.63, 3.8) is 0 Å². The van der Waals surface area contributed by atoms with Gasteiger partial charge < -0.3 is 14.6 Å². The summed E-state index contributed by atoms with van der Waals surface area (Å²) >= 11 is 0. The topological polar surface area (TPSA) is 43.3 Å². The lowest BCUT2D eigenvalue weighted by molar-refractivity contribution is 0.0875. The van der Waals surface area contributed by atoms with E-state index in [1.807, 2.05) is 53.4 Å². The van der Waals surface area contributed by atoms with Crippen molar-refractivity contribution in [1.82, 2.24) is 9.88 Å². The highest BCUT2D eigenvalue weighted by atomic mass is 16.5. The zero-order chi connectivity index (χ0) is 18.6. The van der Waals surface area contributed by atoms with E-state index in [1.54, 1.807) is 0 Å². The molecule has 1 heterocycles. The summed E-state index contributed by atoms with van der Waals surface area (Å²) in [4.78, 5) is 12.5. The molecule has 1 N–H and O–H groups in total. The third-order valence-corrected chi connectivity index (χ3v) is 4.68. The third-order valence-electron chi connectivity index (χ3n) is 4.68. The Kier molecular flexibility index (Phi) is 8.98. The van der Waals surface area contributed by atoms with E-state index in [9.17, 15) is 4.79 Å². The van der Waals surface area contributed by atoms with Gasteiger partial charge >= 0.3 is 0 Å². The fourth-order valence-electron chi connectivity index (χ4n) is 3.01. The Labute approximate surface area is 157 Å². The first kappa shape index (κ1) is 20.2. The Morgan fingerprint density at radius 2 is 1.88 bits per heavy atom. The molecule has 142 valence electrons. The molecular formula is C22H32N2O2. The van der Waals surface area contributed by atoms with Gasteiger partial charge in [-0.1, -0.05) is 45.2 Å². The molecule has 0 aliphatic heterocycles. The zero-order valence-corrected chi connectivity index (χ0v) is 16.1. The summed E-state index contributed by atoms with van der Waals surface area (Å²) in [5.74, 6) is 0.627. The van der Waals surface area contributed by atoms with Crippen LogP contribution in [-0.2, 0) is 4.74 Å². The second kappa shape index (κ2) is 11.5. The molecule has 4 nitrogen and oxygen atoms in total. The average molecular weight is 357 g/mol. The molecule has 0 saturated carbocycles. The quantitative estimate of drug-likeness (QED) is 0.554. The van der Waals surface area contributed by atoms with Crippen LogP contribution < -0.4 is 5.32 Å². The second-order valence-electron chi connectivity index (χ2n) is 6.71. The SMILES string of the molecule is CCCCC(CC)COCCCNC(=O)c1ccccc1-n1cccc1. The number of benzene rings is 1. The van der Waals surface area contributed by atoms with E-state index in [1.165, 1.54) is 25.7 Å². The van der Waals surface area contributed by atoms with Gasteiger partial charge in [0.2, 0.25) is 0 Å². The largest absolute Gasteiger partial charge is 0.381 e. The summed E-state index contributed by atoms with van der Waals surface area (Å²) in [5.41, 5.74) is 1.59. The van der Waals surface area contributed by atoms with Crippen molar-refractivity contribution in [3.05, 3.63) is 54.4 Å². The maximum absolute atomic E-state index is 12.5. The van der Waals surface area contributed by atoms with Crippen molar-refractivity contribution in [1.29, 1.82) is 0 Å². The van der Waals surface area contributed by atoms with Crippen LogP contribution in [0.5, 0.6) is 0 Å². The molecular weight excluding hydrogens is 324 g/mol. The van der Waals surface area contributed by atoms with Crippen LogP contribution in [0.25, 0.3) is 5.69 Å². The molecule has 2 rings (SSSR count). The van der Waals surface area contributed by atoms with E-state index < -0.39 is 0 Å². The maximum atomic E-state index is 12.5. The summed E-state index contributed by atoms with van der Waals surface area (Å²) < 4.78 is 7.76. The van der Waals surface area contributed by atoms with Crippen molar-refractivity contribution < 1.29 is 9.53 Å². The van der Waals surface area contributed by atoms with E-state index in [0.717, 1.165) is 18.7 Å². The van der Waals surface area contributed by atoms with Gasteiger partial charge in [0.05, 0.1) is 11.3 Å². The Balaban J connectivity index is 1.71. The number of nitrogens with one attached hydrogen (secondary N) is 1. The summed E-state index contributed by atoms with van der Waals surface area (Å²) in [6.45, 7) is 6.62. The number of rotatable bonds is 12. The molecule has 0 radical (unpaired) electrons. The van der Waals surface area contributed by atoms with Crippen LogP contribution >= 0.6 is 0 Å². The van der Waals surface area contributed by atoms with E-state index in [2.05, 4.69) is 19.2 Å². The van der Waals surface area contributed by atoms with Crippen molar-refractivity contribution in [2.45, 2.75) is 46.0 Å². The molecule has 0 aliphatic rings. The number of para-hydroxylation sites is 1. The van der Waals surface area contributed by atoms with Gasteiger partial charge in [0, 0.05) is 32.2 Å². The number of ether oxygens (including phenoxy) is 1. The lowest BCUT2D eigenvalue weighted by atomic mass is 10.0. The predicted octanol–water partition coefficient (Wildman–Crippen LogP) is 4.83. The summed E-state index contributed by atoms with van der Waals surface area (Å²) in [5, 5.41) is 3.01. The molecule has 0 fully saturated rings. The highest BCUT2D eigenvalue weighted by Gasteiger charge is 2.11. The molecule has 0 aliphatic carbocycles. The molecule has 0 bridgehead atoms. The average Bonchev–Trinajstić information content (AvgIpc) is 3.21. The van der Waals surface area contributed by atoms with Crippen LogP contribution in [0.1, 0.15) is 56.3 Å². The molecule has 0 saturated heterocycles. The minimum atomic E-state index is -0.0383. The van der Waals surface area contributed by atoms with Gasteiger partial charge in [-0.2, -0.15) is 0 Å². The Morgan fingerprint density at radius 3 is 2.62 bits per heavy atom. The standard InChI is InChI=1S/C22H32N2O2/c1-3-5-11-19(4-2)18-26-17-10-14-23-22(25)20-12-6-7-13-21(20)24-15-8-9-16-24/h6-9,12-13,15-16,19H,3-5,10-11,14,17-18H2,1-2H3,(H,23,25). The molecule has 2 aromatic rings. The number of carbonyl (C=O) groups excluding carboxylic acids is 1. The minimum Gasteiger partial charge on any atom is -0.381 e. The van der Waals surface area contributed by atoms with Crippen molar-refractivity contribution in [2.24, 2.45) is 5.92 Å². The fraction of sp³-hybridized carbons (Fsp3) is 0.500. The number of amides is 1. The van der Waals surface area contributed by atoms with Gasteiger partial charge in [-0.25, -0.2) is 0 Å². The number of hydrogen-bond acceptors (Lipinski definition) is 2. The van der Waals surface area contributed by atoms with Crippen LogP contribution in [0, 0.1) is 5.92 Å². The van der Waals surface area contributed by atoms with Crippen molar-refractivity contribution in [2.75, 3.05) is 19.8 Å². The fourth-order valence-corrected chi connectivity index (χ4v) is 3.01. The van der Waals surface area contributed by atoms with Gasteiger partial charge in [-0.3, -0.25) is 4.79 Å². The molecule has 0 spiro atoms. The number of unbranched alkanes of at least 4 members (excludes halogenated alkanes) is 1. The van der Waals surface area contributed by atoms with Crippen molar-refractivity contribution in [3.8, 4) is 5.69 Å². The molecule has 1 aromatic heterocycles. The Bertz CT molecular complexity index is 637. The van der Waals surface area contributed by atoms with Crippen LogP contribution in [0.3, 0.4) is 0 Å². The summed E-state index contributed by atoms with van der Waals surface area (Å²) in [6.07, 6.45) is 9.67. The van der Waals surface area contributed by atoms with Crippen LogP contribution in [0.15, 0.2) is 48.8 Å². The number of hydrogen-bond donors (Lipinski definition) is 1. The van der Waals surface area contributed by atoms with Crippen LogP contribution in [0.2, 0.25) is 0 Å². The molecule has 1 aromatic carbocycles. The first-order chi connectivity index (χ1) is 12.8. The highest BCUT2D eigenvalue weighted by molar-refractivity contribution is 5.97. The lowest BCUT2D eigenvalue weighted by Crippen LogP contribution is -2.26. The van der Waals surface area contributed by atoms with E-state index in [0.29, 0.717) is 24.6 Å². The van der Waals surface area contributed by atoms with Crippen LogP contribution in [0.4, 0.5) is 0 Å². The molecule has 1 unspecified atom stereocenters. The molecule has 26 heavy (non-hydrogen) atoms. The molecule has 1 atom stereocenters. The zero-order valence-electron chi connectivity index (χ0n) is 16.1. The van der Waals surface area contributed by atoms with Gasteiger partial charge in [0.25, 0.3) is 5.91 Å². The Hall–Kier alpha value is -2.07. The highest BCUT2D eigenvalue weighted by Crippen LogP contribution is 2.15. The third kappa shape index (κ3) is 6.34. The van der Waals surface area contributed by atoms with Crippen molar-refractivity contribution >= 4 is 5.91 Å². The van der Waals surface area contributed by atoms with Gasteiger partial charge in [-0.15, -0.1) is 0 Å². The summed E-state index contributed by atoms with van der Waals surface area (Å²) in [7, 11) is 0. The first-order valence-electron chi connectivity index (χ1n) is 9.84. The molecule has 1 amide bonds. The smallest absolute Gasteiger partial charge is 0.253 e. The number of nitrogens with zero attached hydrogens (tertiary/aromatic N) is 1. The predicted molar refractivity (Wildman–Crippen MR) is 107 cm³/mol. The lowest BCUT2D eigenvalue weighted by Gasteiger charge is -2.15. The van der Waals surface area contributed by atoms with Gasteiger partial charge in [0.1, 0.15) is 0 Å². The van der Waals surface area contributed by atoms with E-state index in [-0.39, 0.29) is 5.91 Å². The second-order valence-corrected chi connectivity index (χ2v) is 6.71.